The van der Waals surface area contributed by atoms with Crippen LogP contribution in [0.4, 0.5) is 8.78 Å². The smallest absolute Gasteiger partial charge is 0.261 e. The first kappa shape index (κ1) is 17.2. The Bertz CT molecular complexity index is 709. The van der Waals surface area contributed by atoms with Gasteiger partial charge in [0.05, 0.1) is 6.04 Å². The van der Waals surface area contributed by atoms with E-state index in [0.717, 1.165) is 12.1 Å². The third-order valence-electron chi connectivity index (χ3n) is 3.28. The molecule has 2 unspecified atom stereocenters. The first-order valence-corrected chi connectivity index (χ1v) is 7.42. The molecule has 2 atom stereocenters. The van der Waals surface area contributed by atoms with Crippen LogP contribution in [-0.2, 0) is 4.79 Å². The van der Waals surface area contributed by atoms with Gasteiger partial charge in [-0.25, -0.2) is 8.78 Å². The highest BCUT2D eigenvalue weighted by Crippen LogP contribution is 2.19. The van der Waals surface area contributed by atoms with Crippen LogP contribution in [0.3, 0.4) is 0 Å². The van der Waals surface area contributed by atoms with Crippen molar-refractivity contribution in [3.8, 4) is 5.75 Å². The molecule has 0 spiro atoms. The maximum absolute atomic E-state index is 13.2. The fourth-order valence-electron chi connectivity index (χ4n) is 1.99. The molecule has 1 N–H and O–H groups in total. The first-order valence-electron chi connectivity index (χ1n) is 7.04. The number of benzene rings is 2. The largest absolute Gasteiger partial charge is 0.481 e. The lowest BCUT2D eigenvalue weighted by Gasteiger charge is -2.19. The molecule has 2 aromatic rings. The highest BCUT2D eigenvalue weighted by molar-refractivity contribution is 6.30. The number of hydrogen-bond acceptors (Lipinski definition) is 2. The van der Waals surface area contributed by atoms with E-state index in [2.05, 4.69) is 5.32 Å². The summed E-state index contributed by atoms with van der Waals surface area (Å²) >= 11 is 5.85. The molecule has 0 aliphatic rings. The molecule has 0 heterocycles. The van der Waals surface area contributed by atoms with Gasteiger partial charge in [0.25, 0.3) is 5.91 Å². The minimum absolute atomic E-state index is 0.373. The Hall–Kier alpha value is -2.14. The van der Waals surface area contributed by atoms with Crippen molar-refractivity contribution in [1.82, 2.24) is 5.32 Å². The van der Waals surface area contributed by atoms with E-state index in [1.54, 1.807) is 38.1 Å². The summed E-state index contributed by atoms with van der Waals surface area (Å²) in [5.74, 6) is -1.78. The molecule has 3 nitrogen and oxygen atoms in total. The van der Waals surface area contributed by atoms with Crippen LogP contribution >= 0.6 is 11.6 Å². The van der Waals surface area contributed by atoms with Gasteiger partial charge in [0.15, 0.2) is 17.7 Å². The third-order valence-corrected chi connectivity index (χ3v) is 3.52. The zero-order chi connectivity index (χ0) is 17.0. The molecule has 122 valence electrons. The Kier molecular flexibility index (Phi) is 5.55. The SMILES string of the molecule is CC(Oc1cccc(Cl)c1)C(=O)NC(C)c1ccc(F)c(F)c1. The predicted octanol–water partition coefficient (Wildman–Crippen LogP) is 4.26. The van der Waals surface area contributed by atoms with E-state index in [9.17, 15) is 13.6 Å². The lowest BCUT2D eigenvalue weighted by atomic mass is 10.1. The van der Waals surface area contributed by atoms with Gasteiger partial charge < -0.3 is 10.1 Å². The van der Waals surface area contributed by atoms with Crippen LogP contribution in [0.15, 0.2) is 42.5 Å². The molecule has 1 amide bonds. The molecule has 0 saturated carbocycles. The van der Waals surface area contributed by atoms with Gasteiger partial charge in [0.2, 0.25) is 0 Å². The Morgan fingerprint density at radius 2 is 1.87 bits per heavy atom. The molecule has 0 radical (unpaired) electrons. The van der Waals surface area contributed by atoms with Gasteiger partial charge in [0, 0.05) is 5.02 Å². The molecule has 0 aliphatic carbocycles. The molecule has 6 heteroatoms. The standard InChI is InChI=1S/C17H16ClF2NO2/c1-10(12-6-7-15(19)16(20)8-12)21-17(22)11(2)23-14-5-3-4-13(18)9-14/h3-11H,1-2H3,(H,21,22). The molecule has 23 heavy (non-hydrogen) atoms. The normalized spacial score (nSPS) is 13.3. The number of halogens is 3. The Balaban J connectivity index is 1.98. The zero-order valence-corrected chi connectivity index (χ0v) is 13.4. The third kappa shape index (κ3) is 4.66. The summed E-state index contributed by atoms with van der Waals surface area (Å²) in [6.45, 7) is 3.27. The molecule has 0 fully saturated rings. The Labute approximate surface area is 138 Å². The van der Waals surface area contributed by atoms with Crippen LogP contribution in [-0.4, -0.2) is 12.0 Å². The molecule has 0 aromatic heterocycles. The number of hydrogen-bond donors (Lipinski definition) is 1. The van der Waals surface area contributed by atoms with Gasteiger partial charge in [-0.05, 0) is 49.7 Å². The van der Waals surface area contributed by atoms with E-state index in [-0.39, 0.29) is 5.91 Å². The van der Waals surface area contributed by atoms with Gasteiger partial charge in [0.1, 0.15) is 5.75 Å². The number of ether oxygens (including phenoxy) is 1. The summed E-state index contributed by atoms with van der Waals surface area (Å²) in [4.78, 5) is 12.1. The summed E-state index contributed by atoms with van der Waals surface area (Å²) in [5.41, 5.74) is 0.465. The summed E-state index contributed by atoms with van der Waals surface area (Å²) in [6.07, 6.45) is -0.763. The lowest BCUT2D eigenvalue weighted by molar-refractivity contribution is -0.127. The van der Waals surface area contributed by atoms with Crippen LogP contribution in [0.1, 0.15) is 25.5 Å². The highest BCUT2D eigenvalue weighted by atomic mass is 35.5. The minimum atomic E-state index is -0.952. The fraction of sp³-hybridized carbons (Fsp3) is 0.235. The second-order valence-electron chi connectivity index (χ2n) is 5.12. The molecule has 0 aliphatic heterocycles. The summed E-state index contributed by atoms with van der Waals surface area (Å²) in [5, 5.41) is 3.20. The van der Waals surface area contributed by atoms with Crippen molar-refractivity contribution in [2.45, 2.75) is 26.0 Å². The van der Waals surface area contributed by atoms with Crippen molar-refractivity contribution in [3.63, 3.8) is 0 Å². The summed E-state index contributed by atoms with van der Waals surface area (Å²) in [6, 6.07) is 9.73. The van der Waals surface area contributed by atoms with Crippen molar-refractivity contribution < 1.29 is 18.3 Å². The van der Waals surface area contributed by atoms with E-state index in [1.807, 2.05) is 0 Å². The van der Waals surface area contributed by atoms with Crippen molar-refractivity contribution in [2.75, 3.05) is 0 Å². The molecule has 0 bridgehead atoms. The number of carbonyl (C=O) groups is 1. The summed E-state index contributed by atoms with van der Waals surface area (Å²) in [7, 11) is 0. The number of rotatable bonds is 5. The second kappa shape index (κ2) is 7.42. The first-order chi connectivity index (χ1) is 10.9. The van der Waals surface area contributed by atoms with Crippen molar-refractivity contribution in [3.05, 3.63) is 64.7 Å². The van der Waals surface area contributed by atoms with Crippen molar-refractivity contribution >= 4 is 17.5 Å². The Morgan fingerprint density at radius 1 is 1.13 bits per heavy atom. The van der Waals surface area contributed by atoms with E-state index >= 15 is 0 Å². The molecular formula is C17H16ClF2NO2. The molecule has 0 saturated heterocycles. The average Bonchev–Trinajstić information content (AvgIpc) is 2.49. The van der Waals surface area contributed by atoms with Crippen molar-refractivity contribution in [1.29, 1.82) is 0 Å². The van der Waals surface area contributed by atoms with E-state index in [1.165, 1.54) is 6.07 Å². The zero-order valence-electron chi connectivity index (χ0n) is 12.6. The van der Waals surface area contributed by atoms with Crippen LogP contribution < -0.4 is 10.1 Å². The van der Waals surface area contributed by atoms with Gasteiger partial charge in [-0.3, -0.25) is 4.79 Å². The topological polar surface area (TPSA) is 38.3 Å². The number of amides is 1. The van der Waals surface area contributed by atoms with Gasteiger partial charge >= 0.3 is 0 Å². The maximum atomic E-state index is 13.2. The van der Waals surface area contributed by atoms with Crippen LogP contribution in [0.5, 0.6) is 5.75 Å². The van der Waals surface area contributed by atoms with Gasteiger partial charge in [-0.2, -0.15) is 0 Å². The van der Waals surface area contributed by atoms with Crippen molar-refractivity contribution in [2.24, 2.45) is 0 Å². The molecular weight excluding hydrogens is 324 g/mol. The summed E-state index contributed by atoms with van der Waals surface area (Å²) < 4.78 is 31.7. The molecule has 2 aromatic carbocycles. The maximum Gasteiger partial charge on any atom is 0.261 e. The van der Waals surface area contributed by atoms with Gasteiger partial charge in [-0.1, -0.05) is 23.7 Å². The minimum Gasteiger partial charge on any atom is -0.481 e. The fourth-order valence-corrected chi connectivity index (χ4v) is 2.17. The van der Waals surface area contributed by atoms with E-state index in [4.69, 9.17) is 16.3 Å². The quantitative estimate of drug-likeness (QED) is 0.883. The second-order valence-corrected chi connectivity index (χ2v) is 5.56. The highest BCUT2D eigenvalue weighted by Gasteiger charge is 2.18. The average molecular weight is 340 g/mol. The Morgan fingerprint density at radius 3 is 2.52 bits per heavy atom. The number of nitrogens with one attached hydrogen (secondary N) is 1. The van der Waals surface area contributed by atoms with E-state index < -0.39 is 23.8 Å². The number of carbonyl (C=O) groups excluding carboxylic acids is 1. The predicted molar refractivity (Wildman–Crippen MR) is 84.5 cm³/mol. The van der Waals surface area contributed by atoms with Crippen LogP contribution in [0.25, 0.3) is 0 Å². The van der Waals surface area contributed by atoms with Crippen LogP contribution in [0.2, 0.25) is 5.02 Å². The molecule has 2 rings (SSSR count). The van der Waals surface area contributed by atoms with E-state index in [0.29, 0.717) is 16.3 Å². The lowest BCUT2D eigenvalue weighted by Crippen LogP contribution is -2.37. The van der Waals surface area contributed by atoms with Crippen LogP contribution in [0, 0.1) is 11.6 Å². The monoisotopic (exact) mass is 339 g/mol. The van der Waals surface area contributed by atoms with Gasteiger partial charge in [-0.15, -0.1) is 0 Å².